The average molecular weight is 281 g/mol. The van der Waals surface area contributed by atoms with Crippen molar-refractivity contribution in [3.05, 3.63) is 0 Å². The number of hydrogen-bond donors (Lipinski definition) is 1. The van der Waals surface area contributed by atoms with Gasteiger partial charge in [-0.05, 0) is 19.3 Å². The zero-order chi connectivity index (χ0) is 5.86. The molecule has 0 aliphatic carbocycles. The summed E-state index contributed by atoms with van der Waals surface area (Å²) >= 11 is 0. The van der Waals surface area contributed by atoms with Crippen molar-refractivity contribution in [3.63, 3.8) is 0 Å². The van der Waals surface area contributed by atoms with Gasteiger partial charge in [0.1, 0.15) is 0 Å². The van der Waals surface area contributed by atoms with Crippen LogP contribution in [-0.2, 0) is 25.8 Å². The smallest absolute Gasteiger partial charge is 0.0514 e. The van der Waals surface area contributed by atoms with E-state index < -0.39 is 0 Å². The van der Waals surface area contributed by atoms with Crippen LogP contribution < -0.4 is 0 Å². The minimum absolute atomic E-state index is 0. The normalized spacial score (nSPS) is 13.1. The van der Waals surface area contributed by atoms with E-state index in [1.165, 1.54) is 0 Å². The van der Waals surface area contributed by atoms with Crippen molar-refractivity contribution in [2.75, 3.05) is 0 Å². The summed E-state index contributed by atoms with van der Waals surface area (Å²) in [4.78, 5) is 0. The summed E-state index contributed by atoms with van der Waals surface area (Å²) < 4.78 is 0. The number of rotatable bonds is 2. The Morgan fingerprint density at radius 2 is 1.62 bits per heavy atom. The summed E-state index contributed by atoms with van der Waals surface area (Å²) in [5.41, 5.74) is 0. The van der Waals surface area contributed by atoms with Crippen LogP contribution in [-0.4, -0.2) is 11.2 Å². The minimum atomic E-state index is -0.125. The molecule has 2 heteroatoms. The van der Waals surface area contributed by atoms with Crippen molar-refractivity contribution in [1.82, 2.24) is 0 Å². The molecule has 8 heavy (non-hydrogen) atoms. The van der Waals surface area contributed by atoms with Crippen molar-refractivity contribution < 1.29 is 30.9 Å². The molecule has 1 nitrogen and oxygen atoms in total. The van der Waals surface area contributed by atoms with Gasteiger partial charge in [-0.3, -0.25) is 0 Å². The first-order valence-corrected chi connectivity index (χ1v) is 2.81. The molecule has 1 N–H and O–H groups in total. The van der Waals surface area contributed by atoms with Crippen LogP contribution in [0.5, 0.6) is 0 Å². The third-order valence-electron chi connectivity index (χ3n) is 0.813. The molecule has 0 rings (SSSR count). The van der Waals surface area contributed by atoms with Crippen LogP contribution in [0.15, 0.2) is 0 Å². The largest absolute Gasteiger partial charge is 0.393 e. The van der Waals surface area contributed by atoms with E-state index in [9.17, 15) is 0 Å². The topological polar surface area (TPSA) is 20.2 Å². The van der Waals surface area contributed by atoms with Crippen LogP contribution in [0.25, 0.3) is 0 Å². The van der Waals surface area contributed by atoms with E-state index in [1.807, 2.05) is 6.92 Å². The molecule has 0 aromatic carbocycles. The Kier molecular flexibility index (Phi) is 8.64. The predicted molar refractivity (Wildman–Crippen MR) is 31.1 cm³/mol. The van der Waals surface area contributed by atoms with Crippen LogP contribution in [0, 0.1) is 5.92 Å². The molecule has 48 valence electrons. The van der Waals surface area contributed by atoms with Gasteiger partial charge in [0, 0.05) is 25.8 Å². The standard InChI is InChI=1S/C6H14O.Hf/c1-5(2)4-6(3)7;/h5-7H,4H2,1-3H3;. The first-order valence-electron chi connectivity index (χ1n) is 2.81. The Balaban J connectivity index is 0. The van der Waals surface area contributed by atoms with Crippen LogP contribution in [0.2, 0.25) is 0 Å². The van der Waals surface area contributed by atoms with Gasteiger partial charge in [0.15, 0.2) is 0 Å². The SMILES string of the molecule is CC(C)CC(C)O.[Hf]. The fourth-order valence-corrected chi connectivity index (χ4v) is 0.682. The molecule has 0 saturated carbocycles. The molecule has 0 radical (unpaired) electrons. The zero-order valence-corrected chi connectivity index (χ0v) is 9.40. The van der Waals surface area contributed by atoms with E-state index in [0.29, 0.717) is 5.92 Å². The molecule has 1 unspecified atom stereocenters. The summed E-state index contributed by atoms with van der Waals surface area (Å²) in [5.74, 6) is 0.625. The molecule has 0 aliphatic heterocycles. The fraction of sp³-hybridized carbons (Fsp3) is 1.00. The molecule has 0 heterocycles. The van der Waals surface area contributed by atoms with Gasteiger partial charge in [0.2, 0.25) is 0 Å². The molecule has 0 bridgehead atoms. The van der Waals surface area contributed by atoms with E-state index >= 15 is 0 Å². The second-order valence-corrected chi connectivity index (χ2v) is 2.48. The Labute approximate surface area is 70.3 Å². The van der Waals surface area contributed by atoms with Crippen LogP contribution in [0.1, 0.15) is 27.2 Å². The van der Waals surface area contributed by atoms with E-state index in [4.69, 9.17) is 5.11 Å². The average Bonchev–Trinajstić information content (AvgIpc) is 1.27. The van der Waals surface area contributed by atoms with Crippen molar-refractivity contribution in [3.8, 4) is 0 Å². The van der Waals surface area contributed by atoms with Gasteiger partial charge in [0.05, 0.1) is 6.10 Å². The van der Waals surface area contributed by atoms with Crippen molar-refractivity contribution in [2.45, 2.75) is 33.3 Å². The van der Waals surface area contributed by atoms with Gasteiger partial charge >= 0.3 is 0 Å². The quantitative estimate of drug-likeness (QED) is 0.759. The Bertz CT molecular complexity index is 37.8. The number of aliphatic hydroxyl groups is 1. The molecule has 0 spiro atoms. The summed E-state index contributed by atoms with van der Waals surface area (Å²) in [6, 6.07) is 0. The van der Waals surface area contributed by atoms with Gasteiger partial charge in [-0.15, -0.1) is 0 Å². The molecule has 0 fully saturated rings. The molecule has 1 atom stereocenters. The maximum atomic E-state index is 8.72. The van der Waals surface area contributed by atoms with Crippen molar-refractivity contribution >= 4 is 0 Å². The first kappa shape index (κ1) is 11.6. The second kappa shape index (κ2) is 5.96. The number of aliphatic hydroxyl groups excluding tert-OH is 1. The van der Waals surface area contributed by atoms with E-state index in [1.54, 1.807) is 0 Å². The summed E-state index contributed by atoms with van der Waals surface area (Å²) in [6.07, 6.45) is 0.792. The van der Waals surface area contributed by atoms with Gasteiger partial charge < -0.3 is 5.11 Å². The maximum absolute atomic E-state index is 8.72. The summed E-state index contributed by atoms with van der Waals surface area (Å²) in [6.45, 7) is 6.03. The molecular weight excluding hydrogens is 267 g/mol. The monoisotopic (exact) mass is 282 g/mol. The first-order chi connectivity index (χ1) is 3.13. The van der Waals surface area contributed by atoms with Gasteiger partial charge in [-0.2, -0.15) is 0 Å². The predicted octanol–water partition coefficient (Wildman–Crippen LogP) is 1.41. The third kappa shape index (κ3) is 9.95. The van der Waals surface area contributed by atoms with Gasteiger partial charge in [-0.25, -0.2) is 0 Å². The zero-order valence-electron chi connectivity index (χ0n) is 5.81. The third-order valence-corrected chi connectivity index (χ3v) is 0.813. The molecule has 0 aromatic heterocycles. The van der Waals surface area contributed by atoms with Crippen LogP contribution in [0.3, 0.4) is 0 Å². The number of hydrogen-bond acceptors (Lipinski definition) is 1. The summed E-state index contributed by atoms with van der Waals surface area (Å²) in [5, 5.41) is 8.72. The van der Waals surface area contributed by atoms with E-state index in [2.05, 4.69) is 13.8 Å². The summed E-state index contributed by atoms with van der Waals surface area (Å²) in [7, 11) is 0. The Morgan fingerprint density at radius 3 is 1.62 bits per heavy atom. The molecule has 0 aromatic rings. The Morgan fingerprint density at radius 1 is 1.25 bits per heavy atom. The molecule has 0 saturated heterocycles. The second-order valence-electron chi connectivity index (χ2n) is 2.48. The Hall–Kier alpha value is 0.830. The van der Waals surface area contributed by atoms with Crippen molar-refractivity contribution in [2.24, 2.45) is 5.92 Å². The van der Waals surface area contributed by atoms with E-state index in [-0.39, 0.29) is 31.9 Å². The van der Waals surface area contributed by atoms with E-state index in [0.717, 1.165) is 6.42 Å². The fourth-order valence-electron chi connectivity index (χ4n) is 0.682. The molecule has 0 aliphatic rings. The molecular formula is C6H14HfO. The van der Waals surface area contributed by atoms with Crippen molar-refractivity contribution in [1.29, 1.82) is 0 Å². The van der Waals surface area contributed by atoms with Gasteiger partial charge in [0.25, 0.3) is 0 Å². The minimum Gasteiger partial charge on any atom is -0.393 e. The van der Waals surface area contributed by atoms with Crippen LogP contribution >= 0.6 is 0 Å². The van der Waals surface area contributed by atoms with Crippen LogP contribution in [0.4, 0.5) is 0 Å². The van der Waals surface area contributed by atoms with Gasteiger partial charge in [-0.1, -0.05) is 13.8 Å². The molecule has 0 amide bonds. The maximum Gasteiger partial charge on any atom is 0.0514 e.